The van der Waals surface area contributed by atoms with E-state index in [1.165, 1.54) is 4.68 Å². The fraction of sp³-hybridized carbons (Fsp3) is 0.438. The summed E-state index contributed by atoms with van der Waals surface area (Å²) in [7, 11) is 0. The molecule has 2 rings (SSSR count). The molecule has 0 N–H and O–H groups in total. The van der Waals surface area contributed by atoms with E-state index in [1.807, 2.05) is 6.92 Å². The van der Waals surface area contributed by atoms with Crippen LogP contribution in [0.2, 0.25) is 5.02 Å². The second-order valence-corrected chi connectivity index (χ2v) is 6.00. The molecule has 0 aliphatic rings. The first kappa shape index (κ1) is 19.2. The van der Waals surface area contributed by atoms with Crippen LogP contribution in [0.4, 0.5) is 13.2 Å². The van der Waals surface area contributed by atoms with Crippen molar-refractivity contribution in [2.75, 3.05) is 13.1 Å². The highest BCUT2D eigenvalue weighted by molar-refractivity contribution is 6.30. The molecule has 0 aliphatic heterocycles. The van der Waals surface area contributed by atoms with Crippen molar-refractivity contribution in [2.24, 2.45) is 0 Å². The number of aryl methyl sites for hydroxylation is 1. The molecule has 136 valence electrons. The van der Waals surface area contributed by atoms with Gasteiger partial charge < -0.3 is 4.90 Å². The molecular formula is C16H18ClF3N4O. The summed E-state index contributed by atoms with van der Waals surface area (Å²) in [5.74, 6) is -0.692. The Kier molecular flexibility index (Phi) is 6.05. The lowest BCUT2D eigenvalue weighted by Crippen LogP contribution is -2.40. The number of carbonyl (C=O) groups excluding carboxylic acids is 1. The van der Waals surface area contributed by atoms with Gasteiger partial charge >= 0.3 is 6.18 Å². The molecule has 5 nitrogen and oxygen atoms in total. The summed E-state index contributed by atoms with van der Waals surface area (Å²) in [4.78, 5) is 17.2. The number of benzene rings is 1. The number of carbonyl (C=O) groups is 1. The number of alkyl halides is 3. The lowest BCUT2D eigenvalue weighted by atomic mass is 10.3. The largest absolute Gasteiger partial charge is 0.406 e. The van der Waals surface area contributed by atoms with E-state index in [0.29, 0.717) is 29.4 Å². The van der Waals surface area contributed by atoms with Gasteiger partial charge in [-0.1, -0.05) is 24.9 Å². The van der Waals surface area contributed by atoms with Gasteiger partial charge in [-0.2, -0.15) is 13.2 Å². The number of rotatable bonds is 6. The van der Waals surface area contributed by atoms with Gasteiger partial charge in [-0.05, 0) is 37.6 Å². The summed E-state index contributed by atoms with van der Waals surface area (Å²) in [6.45, 7) is 2.15. The maximum atomic E-state index is 12.7. The number of halogens is 4. The van der Waals surface area contributed by atoms with Crippen molar-refractivity contribution in [1.29, 1.82) is 0 Å². The maximum absolute atomic E-state index is 12.7. The van der Waals surface area contributed by atoms with E-state index in [9.17, 15) is 18.0 Å². The van der Waals surface area contributed by atoms with Crippen LogP contribution in [0.15, 0.2) is 24.3 Å². The first-order valence-corrected chi connectivity index (χ1v) is 8.14. The second-order valence-electron chi connectivity index (χ2n) is 5.57. The van der Waals surface area contributed by atoms with E-state index in [1.54, 1.807) is 31.2 Å². The van der Waals surface area contributed by atoms with Gasteiger partial charge in [0.25, 0.3) is 5.91 Å². The Morgan fingerprint density at radius 3 is 2.48 bits per heavy atom. The molecule has 1 aromatic heterocycles. The summed E-state index contributed by atoms with van der Waals surface area (Å²) in [5.41, 5.74) is 0.615. The molecule has 1 heterocycles. The van der Waals surface area contributed by atoms with Crippen molar-refractivity contribution >= 4 is 17.5 Å². The Hall–Kier alpha value is -2.09. The predicted octanol–water partition coefficient (Wildman–Crippen LogP) is 4.03. The lowest BCUT2D eigenvalue weighted by molar-refractivity contribution is -0.140. The number of hydrogen-bond acceptors (Lipinski definition) is 3. The van der Waals surface area contributed by atoms with Crippen LogP contribution in [0, 0.1) is 6.92 Å². The predicted molar refractivity (Wildman–Crippen MR) is 88.0 cm³/mol. The average molecular weight is 375 g/mol. The van der Waals surface area contributed by atoms with Gasteiger partial charge in [0, 0.05) is 11.6 Å². The monoisotopic (exact) mass is 374 g/mol. The molecule has 0 radical (unpaired) electrons. The van der Waals surface area contributed by atoms with Crippen LogP contribution >= 0.6 is 11.6 Å². The molecule has 1 aromatic carbocycles. The van der Waals surface area contributed by atoms with Crippen molar-refractivity contribution in [3.8, 4) is 5.69 Å². The zero-order chi connectivity index (χ0) is 18.6. The summed E-state index contributed by atoms with van der Waals surface area (Å²) >= 11 is 5.83. The topological polar surface area (TPSA) is 51.0 Å². The van der Waals surface area contributed by atoms with Gasteiger partial charge in [0.1, 0.15) is 12.4 Å². The Bertz CT molecular complexity index is 728. The standard InChI is InChI=1S/C16H18ClF3N4O/c1-3-4-9-23(10-16(18,19)20)15(25)14-21-11(2)24(22-14)13-7-5-12(17)6-8-13/h5-8H,3-4,9-10H2,1-2H3. The minimum Gasteiger partial charge on any atom is -0.327 e. The van der Waals surface area contributed by atoms with Crippen LogP contribution in [0.5, 0.6) is 0 Å². The Balaban J connectivity index is 2.27. The lowest BCUT2D eigenvalue weighted by Gasteiger charge is -2.22. The number of amides is 1. The molecule has 1 amide bonds. The molecule has 25 heavy (non-hydrogen) atoms. The SMILES string of the molecule is CCCCN(CC(F)(F)F)C(=O)c1nc(C)n(-c2ccc(Cl)cc2)n1. The number of aromatic nitrogens is 3. The summed E-state index contributed by atoms with van der Waals surface area (Å²) < 4.78 is 39.6. The molecule has 0 saturated heterocycles. The van der Waals surface area contributed by atoms with Gasteiger partial charge in [0.2, 0.25) is 5.82 Å². The van der Waals surface area contributed by atoms with E-state index in [4.69, 9.17) is 11.6 Å². The molecule has 0 aliphatic carbocycles. The van der Waals surface area contributed by atoms with Crippen molar-refractivity contribution in [2.45, 2.75) is 32.9 Å². The average Bonchev–Trinajstić information content (AvgIpc) is 2.92. The van der Waals surface area contributed by atoms with Crippen LogP contribution in [-0.4, -0.2) is 44.8 Å². The third-order valence-electron chi connectivity index (χ3n) is 3.47. The highest BCUT2D eigenvalue weighted by atomic mass is 35.5. The number of unbranched alkanes of at least 4 members (excludes halogenated alkanes) is 1. The van der Waals surface area contributed by atoms with Crippen LogP contribution in [0.3, 0.4) is 0 Å². The van der Waals surface area contributed by atoms with Crippen LogP contribution < -0.4 is 0 Å². The smallest absolute Gasteiger partial charge is 0.327 e. The van der Waals surface area contributed by atoms with E-state index in [-0.39, 0.29) is 12.4 Å². The first-order chi connectivity index (χ1) is 11.7. The molecule has 0 saturated carbocycles. The summed E-state index contributed by atoms with van der Waals surface area (Å²) in [6.07, 6.45) is -3.33. The molecular weight excluding hydrogens is 357 g/mol. The van der Waals surface area contributed by atoms with Gasteiger partial charge in [0.15, 0.2) is 0 Å². The van der Waals surface area contributed by atoms with Crippen molar-refractivity contribution in [1.82, 2.24) is 19.7 Å². The third kappa shape index (κ3) is 5.19. The molecule has 2 aromatic rings. The second kappa shape index (κ2) is 7.86. The normalized spacial score (nSPS) is 11.6. The van der Waals surface area contributed by atoms with Crippen molar-refractivity contribution in [3.05, 3.63) is 40.9 Å². The Morgan fingerprint density at radius 1 is 1.28 bits per heavy atom. The maximum Gasteiger partial charge on any atom is 0.406 e. The third-order valence-corrected chi connectivity index (χ3v) is 3.72. The van der Waals surface area contributed by atoms with E-state index < -0.39 is 18.6 Å². The fourth-order valence-corrected chi connectivity index (χ4v) is 2.39. The van der Waals surface area contributed by atoms with Crippen LogP contribution in [0.25, 0.3) is 5.69 Å². The fourth-order valence-electron chi connectivity index (χ4n) is 2.27. The summed E-state index contributed by atoms with van der Waals surface area (Å²) in [5, 5.41) is 4.61. The first-order valence-electron chi connectivity index (χ1n) is 7.77. The molecule has 0 fully saturated rings. The van der Waals surface area contributed by atoms with Gasteiger partial charge in [-0.25, -0.2) is 9.67 Å². The summed E-state index contributed by atoms with van der Waals surface area (Å²) in [6, 6.07) is 6.67. The van der Waals surface area contributed by atoms with Gasteiger partial charge in [0.05, 0.1) is 5.69 Å². The molecule has 0 bridgehead atoms. The molecule has 0 unspecified atom stereocenters. The van der Waals surface area contributed by atoms with E-state index >= 15 is 0 Å². The highest BCUT2D eigenvalue weighted by Crippen LogP contribution is 2.19. The molecule has 9 heteroatoms. The van der Waals surface area contributed by atoms with Gasteiger partial charge in [-0.15, -0.1) is 5.10 Å². The molecule has 0 spiro atoms. The molecule has 0 atom stereocenters. The number of hydrogen-bond donors (Lipinski definition) is 0. The zero-order valence-corrected chi connectivity index (χ0v) is 14.6. The highest BCUT2D eigenvalue weighted by Gasteiger charge is 2.34. The van der Waals surface area contributed by atoms with E-state index in [2.05, 4.69) is 10.1 Å². The minimum atomic E-state index is -4.48. The Morgan fingerprint density at radius 2 is 1.92 bits per heavy atom. The minimum absolute atomic E-state index is 0.00335. The van der Waals surface area contributed by atoms with Crippen molar-refractivity contribution in [3.63, 3.8) is 0 Å². The van der Waals surface area contributed by atoms with Crippen LogP contribution in [-0.2, 0) is 0 Å². The van der Waals surface area contributed by atoms with E-state index in [0.717, 1.165) is 4.90 Å². The van der Waals surface area contributed by atoms with Gasteiger partial charge in [-0.3, -0.25) is 4.79 Å². The van der Waals surface area contributed by atoms with Crippen LogP contribution in [0.1, 0.15) is 36.2 Å². The van der Waals surface area contributed by atoms with Crippen molar-refractivity contribution < 1.29 is 18.0 Å². The zero-order valence-electron chi connectivity index (χ0n) is 13.8. The quantitative estimate of drug-likeness (QED) is 0.767. The Labute approximate surface area is 148 Å². The number of nitrogens with zero attached hydrogens (tertiary/aromatic N) is 4.